The summed E-state index contributed by atoms with van der Waals surface area (Å²) in [7, 11) is 1.64. The Bertz CT molecular complexity index is 472. The van der Waals surface area contributed by atoms with Crippen molar-refractivity contribution in [1.82, 2.24) is 20.5 Å². The van der Waals surface area contributed by atoms with E-state index in [-0.39, 0.29) is 18.0 Å². The van der Waals surface area contributed by atoms with Crippen molar-refractivity contribution in [3.05, 3.63) is 24.5 Å². The van der Waals surface area contributed by atoms with E-state index < -0.39 is 0 Å². The number of nitrogens with one attached hydrogen (secondary N) is 3. The Labute approximate surface area is 124 Å². The highest BCUT2D eigenvalue weighted by molar-refractivity contribution is 5.89. The maximum absolute atomic E-state index is 11.9. The van der Waals surface area contributed by atoms with E-state index in [1.165, 1.54) is 0 Å². The minimum absolute atomic E-state index is 0.0249. The number of carbonyl (C=O) groups excluding carboxylic acids is 2. The second-order valence-electron chi connectivity index (χ2n) is 5.06. The molecule has 1 aromatic rings. The van der Waals surface area contributed by atoms with Crippen LogP contribution in [0.15, 0.2) is 24.5 Å². The van der Waals surface area contributed by atoms with Crippen LogP contribution in [0.3, 0.4) is 0 Å². The van der Waals surface area contributed by atoms with Crippen molar-refractivity contribution in [2.24, 2.45) is 0 Å². The lowest BCUT2D eigenvalue weighted by Crippen LogP contribution is -2.48. The zero-order valence-corrected chi connectivity index (χ0v) is 12.1. The van der Waals surface area contributed by atoms with E-state index in [1.807, 2.05) is 0 Å². The van der Waals surface area contributed by atoms with Crippen LogP contribution in [0.25, 0.3) is 0 Å². The van der Waals surface area contributed by atoms with Gasteiger partial charge in [0, 0.05) is 44.3 Å². The monoisotopic (exact) mass is 291 g/mol. The summed E-state index contributed by atoms with van der Waals surface area (Å²) in [6.07, 6.45) is 4.96. The fourth-order valence-electron chi connectivity index (χ4n) is 2.31. The lowest BCUT2D eigenvalue weighted by Gasteiger charge is -2.31. The van der Waals surface area contributed by atoms with Crippen LogP contribution in [0.1, 0.15) is 12.8 Å². The van der Waals surface area contributed by atoms with Gasteiger partial charge in [-0.2, -0.15) is 0 Å². The van der Waals surface area contributed by atoms with Gasteiger partial charge in [-0.3, -0.25) is 14.7 Å². The van der Waals surface area contributed by atoms with Crippen LogP contribution < -0.4 is 16.0 Å². The molecule has 1 saturated heterocycles. The number of hydrogen-bond acceptors (Lipinski definition) is 4. The van der Waals surface area contributed by atoms with E-state index >= 15 is 0 Å². The average molecular weight is 291 g/mol. The minimum atomic E-state index is -0.203. The van der Waals surface area contributed by atoms with E-state index in [4.69, 9.17) is 0 Å². The van der Waals surface area contributed by atoms with E-state index in [1.54, 1.807) is 31.6 Å². The van der Waals surface area contributed by atoms with Crippen LogP contribution >= 0.6 is 0 Å². The van der Waals surface area contributed by atoms with Gasteiger partial charge in [-0.05, 0) is 25.0 Å². The molecule has 0 unspecified atom stereocenters. The fourth-order valence-corrected chi connectivity index (χ4v) is 2.31. The molecule has 0 bridgehead atoms. The van der Waals surface area contributed by atoms with Crippen molar-refractivity contribution < 1.29 is 9.59 Å². The van der Waals surface area contributed by atoms with Crippen molar-refractivity contribution in [2.75, 3.05) is 32.0 Å². The molecule has 1 aliphatic heterocycles. The van der Waals surface area contributed by atoms with Crippen LogP contribution in [-0.4, -0.2) is 54.5 Å². The summed E-state index contributed by atoms with van der Waals surface area (Å²) >= 11 is 0. The normalized spacial score (nSPS) is 16.2. The smallest absolute Gasteiger partial charge is 0.319 e. The fraction of sp³-hybridized carbons (Fsp3) is 0.500. The molecule has 7 nitrogen and oxygen atoms in total. The summed E-state index contributed by atoms with van der Waals surface area (Å²) in [5.41, 5.74) is 0.722. The molecule has 0 saturated carbocycles. The van der Waals surface area contributed by atoms with E-state index in [9.17, 15) is 9.59 Å². The maximum atomic E-state index is 11.9. The molecule has 0 atom stereocenters. The van der Waals surface area contributed by atoms with Gasteiger partial charge in [0.2, 0.25) is 5.91 Å². The topological polar surface area (TPSA) is 86.4 Å². The number of amides is 3. The number of likely N-dealkylation sites (N-methyl/N-ethyl adjacent to an activating group) is 1. The van der Waals surface area contributed by atoms with Crippen LogP contribution in [0.4, 0.5) is 10.5 Å². The quantitative estimate of drug-likeness (QED) is 0.750. The van der Waals surface area contributed by atoms with Gasteiger partial charge in [0.15, 0.2) is 0 Å². The van der Waals surface area contributed by atoms with Gasteiger partial charge in [-0.1, -0.05) is 0 Å². The largest absolute Gasteiger partial charge is 0.358 e. The Balaban J connectivity index is 1.71. The van der Waals surface area contributed by atoms with Crippen LogP contribution in [0.5, 0.6) is 0 Å². The van der Waals surface area contributed by atoms with Crippen molar-refractivity contribution in [1.29, 1.82) is 0 Å². The van der Waals surface area contributed by atoms with E-state index in [0.717, 1.165) is 31.6 Å². The molecule has 1 aliphatic rings. The molecule has 2 rings (SSSR count). The molecule has 7 heteroatoms. The van der Waals surface area contributed by atoms with Crippen LogP contribution in [-0.2, 0) is 4.79 Å². The van der Waals surface area contributed by atoms with E-state index in [0.29, 0.717) is 6.54 Å². The second kappa shape index (κ2) is 7.58. The van der Waals surface area contributed by atoms with Gasteiger partial charge in [-0.25, -0.2) is 4.79 Å². The second-order valence-corrected chi connectivity index (χ2v) is 5.06. The first kappa shape index (κ1) is 15.2. The summed E-state index contributed by atoms with van der Waals surface area (Å²) in [6.45, 7) is 2.05. The van der Waals surface area contributed by atoms with Crippen molar-refractivity contribution in [2.45, 2.75) is 18.9 Å². The van der Waals surface area contributed by atoms with Gasteiger partial charge in [-0.15, -0.1) is 0 Å². The van der Waals surface area contributed by atoms with Gasteiger partial charge >= 0.3 is 6.03 Å². The van der Waals surface area contributed by atoms with Crippen molar-refractivity contribution in [3.8, 4) is 0 Å². The average Bonchev–Trinajstić information content (AvgIpc) is 2.50. The first-order valence-electron chi connectivity index (χ1n) is 7.08. The van der Waals surface area contributed by atoms with Crippen LogP contribution in [0.2, 0.25) is 0 Å². The molecule has 0 radical (unpaired) electrons. The highest BCUT2D eigenvalue weighted by Gasteiger charge is 2.21. The highest BCUT2D eigenvalue weighted by Crippen LogP contribution is 2.10. The SMILES string of the molecule is CNC(=O)CN1CCC(NC(=O)Nc2ccncc2)CC1. The zero-order valence-electron chi connectivity index (χ0n) is 12.1. The Morgan fingerprint density at radius 2 is 1.95 bits per heavy atom. The molecule has 0 aromatic carbocycles. The third-order valence-electron chi connectivity index (χ3n) is 3.51. The molecule has 0 spiro atoms. The first-order chi connectivity index (χ1) is 10.2. The molecule has 21 heavy (non-hydrogen) atoms. The molecule has 2 heterocycles. The summed E-state index contributed by atoms with van der Waals surface area (Å²) in [6, 6.07) is 3.43. The molecule has 3 N–H and O–H groups in total. The summed E-state index contributed by atoms with van der Waals surface area (Å²) in [5.74, 6) is 0.0249. The molecule has 1 fully saturated rings. The Morgan fingerprint density at radius 3 is 2.57 bits per heavy atom. The molecular weight excluding hydrogens is 270 g/mol. The first-order valence-corrected chi connectivity index (χ1v) is 7.08. The van der Waals surface area contributed by atoms with Gasteiger partial charge in [0.1, 0.15) is 0 Å². The molecule has 3 amide bonds. The summed E-state index contributed by atoms with van der Waals surface area (Å²) in [5, 5.41) is 8.35. The van der Waals surface area contributed by atoms with Gasteiger partial charge in [0.25, 0.3) is 0 Å². The minimum Gasteiger partial charge on any atom is -0.358 e. The molecule has 1 aromatic heterocycles. The van der Waals surface area contributed by atoms with Gasteiger partial charge in [0.05, 0.1) is 6.54 Å². The number of piperidine rings is 1. The zero-order chi connectivity index (χ0) is 15.1. The lowest BCUT2D eigenvalue weighted by atomic mass is 10.1. The number of urea groups is 1. The maximum Gasteiger partial charge on any atom is 0.319 e. The summed E-state index contributed by atoms with van der Waals surface area (Å²) in [4.78, 5) is 29.2. The predicted molar refractivity (Wildman–Crippen MR) is 79.9 cm³/mol. The third-order valence-corrected chi connectivity index (χ3v) is 3.51. The Morgan fingerprint density at radius 1 is 1.29 bits per heavy atom. The lowest BCUT2D eigenvalue weighted by molar-refractivity contribution is -0.122. The third kappa shape index (κ3) is 5.03. The number of anilines is 1. The number of hydrogen-bond donors (Lipinski definition) is 3. The van der Waals surface area contributed by atoms with Gasteiger partial charge < -0.3 is 16.0 Å². The molecule has 0 aliphatic carbocycles. The Hall–Kier alpha value is -2.15. The standard InChI is InChI=1S/C14H21N5O2/c1-15-13(20)10-19-8-4-12(5-9-19)18-14(21)17-11-2-6-16-7-3-11/h2-3,6-7,12H,4-5,8-10H2,1H3,(H,15,20)(H2,16,17,18,21). The molecular formula is C14H21N5O2. The van der Waals surface area contributed by atoms with Crippen LogP contribution in [0, 0.1) is 0 Å². The van der Waals surface area contributed by atoms with E-state index in [2.05, 4.69) is 25.8 Å². The van der Waals surface area contributed by atoms with Crippen molar-refractivity contribution in [3.63, 3.8) is 0 Å². The number of aromatic nitrogens is 1. The summed E-state index contributed by atoms with van der Waals surface area (Å²) < 4.78 is 0. The molecule has 114 valence electrons. The number of carbonyl (C=O) groups is 2. The number of nitrogens with zero attached hydrogens (tertiary/aromatic N) is 2. The highest BCUT2D eigenvalue weighted by atomic mass is 16.2. The number of likely N-dealkylation sites (tertiary alicyclic amines) is 1. The Kier molecular flexibility index (Phi) is 5.51. The predicted octanol–water partition coefficient (Wildman–Crippen LogP) is 0.414. The van der Waals surface area contributed by atoms with Crippen molar-refractivity contribution >= 4 is 17.6 Å². The number of pyridine rings is 1. The number of rotatable bonds is 4.